The number of ether oxygens (including phenoxy) is 1. The minimum absolute atomic E-state index is 0.0916. The molecule has 0 bridgehead atoms. The van der Waals surface area contributed by atoms with Crippen molar-refractivity contribution in [2.75, 3.05) is 11.9 Å². The maximum absolute atomic E-state index is 12.8. The average molecular weight is 441 g/mol. The van der Waals surface area contributed by atoms with Crippen LogP contribution >= 0.6 is 0 Å². The van der Waals surface area contributed by atoms with Crippen LogP contribution in [0.15, 0.2) is 60.8 Å². The van der Waals surface area contributed by atoms with Gasteiger partial charge in [-0.2, -0.15) is 14.9 Å². The summed E-state index contributed by atoms with van der Waals surface area (Å²) in [5, 5.41) is 16.0. The molecular formula is C25H24N6O2. The number of aryl methyl sites for hydroxylation is 1. The largest absolute Gasteiger partial charge is 0.493 e. The van der Waals surface area contributed by atoms with Gasteiger partial charge in [0.05, 0.1) is 24.2 Å². The van der Waals surface area contributed by atoms with E-state index in [1.54, 1.807) is 10.9 Å². The second-order valence-corrected chi connectivity index (χ2v) is 7.96. The summed E-state index contributed by atoms with van der Waals surface area (Å²) in [6, 6.07) is 17.6. The van der Waals surface area contributed by atoms with E-state index in [-0.39, 0.29) is 11.8 Å². The van der Waals surface area contributed by atoms with Gasteiger partial charge in [0.25, 0.3) is 5.95 Å². The molecule has 0 saturated carbocycles. The van der Waals surface area contributed by atoms with Crippen LogP contribution in [0.2, 0.25) is 0 Å². The molecule has 0 fully saturated rings. The third-order valence-electron chi connectivity index (χ3n) is 5.67. The van der Waals surface area contributed by atoms with Crippen molar-refractivity contribution in [3.63, 3.8) is 0 Å². The molecule has 0 spiro atoms. The number of para-hydroxylation sites is 1. The van der Waals surface area contributed by atoms with Gasteiger partial charge in [-0.15, -0.1) is 5.10 Å². The molecule has 3 heterocycles. The van der Waals surface area contributed by atoms with Gasteiger partial charge in [0.15, 0.2) is 0 Å². The number of carbonyl (C=O) groups is 1. The first-order valence-electron chi connectivity index (χ1n) is 11.0. The Morgan fingerprint density at radius 3 is 2.73 bits per heavy atom. The number of nitrogens with one attached hydrogen (secondary N) is 1. The van der Waals surface area contributed by atoms with Crippen LogP contribution in [0.25, 0.3) is 17.2 Å². The molecule has 166 valence electrons. The van der Waals surface area contributed by atoms with Crippen LogP contribution in [0.1, 0.15) is 42.5 Å². The second kappa shape index (κ2) is 8.82. The molecule has 1 aliphatic rings. The predicted octanol–water partition coefficient (Wildman–Crippen LogP) is 4.30. The summed E-state index contributed by atoms with van der Waals surface area (Å²) >= 11 is 0. The molecule has 1 aliphatic heterocycles. The maximum atomic E-state index is 12.8. The van der Waals surface area contributed by atoms with Gasteiger partial charge in [0.2, 0.25) is 5.91 Å². The van der Waals surface area contributed by atoms with Gasteiger partial charge in [0, 0.05) is 29.0 Å². The van der Waals surface area contributed by atoms with E-state index in [1.807, 2.05) is 61.5 Å². The van der Waals surface area contributed by atoms with Crippen molar-refractivity contribution >= 4 is 11.7 Å². The summed E-state index contributed by atoms with van der Waals surface area (Å²) in [4.78, 5) is 17.4. The van der Waals surface area contributed by atoms with Crippen molar-refractivity contribution in [2.24, 2.45) is 0 Å². The fourth-order valence-corrected chi connectivity index (χ4v) is 4.20. The van der Waals surface area contributed by atoms with Crippen molar-refractivity contribution in [3.05, 3.63) is 77.6 Å². The fourth-order valence-electron chi connectivity index (χ4n) is 4.20. The number of carbonyl (C=O) groups excluding carboxylic acids is 1. The van der Waals surface area contributed by atoms with E-state index in [1.165, 1.54) is 0 Å². The number of rotatable bonds is 6. The highest BCUT2D eigenvalue weighted by molar-refractivity contribution is 5.95. The van der Waals surface area contributed by atoms with Gasteiger partial charge in [0.1, 0.15) is 11.6 Å². The van der Waals surface area contributed by atoms with Crippen molar-refractivity contribution in [3.8, 4) is 23.0 Å². The monoisotopic (exact) mass is 440 g/mol. The number of nitrogens with zero attached hydrogens (tertiary/aromatic N) is 5. The van der Waals surface area contributed by atoms with Gasteiger partial charge >= 0.3 is 0 Å². The first-order chi connectivity index (χ1) is 16.2. The summed E-state index contributed by atoms with van der Waals surface area (Å²) in [5.41, 5.74) is 4.32. The molecule has 8 heteroatoms. The molecule has 1 amide bonds. The molecule has 2 aromatic heterocycles. The molecule has 1 N–H and O–H groups in total. The minimum Gasteiger partial charge on any atom is -0.493 e. The average Bonchev–Trinajstić information content (AvgIpc) is 3.19. The van der Waals surface area contributed by atoms with Crippen LogP contribution in [-0.4, -0.2) is 37.5 Å². The summed E-state index contributed by atoms with van der Waals surface area (Å²) in [5.74, 6) is 1.40. The minimum atomic E-state index is -0.180. The molecule has 4 aromatic rings. The van der Waals surface area contributed by atoms with Gasteiger partial charge in [-0.1, -0.05) is 55.5 Å². The van der Waals surface area contributed by atoms with Gasteiger partial charge in [-0.05, 0) is 19.4 Å². The summed E-state index contributed by atoms with van der Waals surface area (Å²) in [6.07, 6.45) is 2.84. The highest BCUT2D eigenvalue weighted by atomic mass is 16.5. The molecule has 0 saturated heterocycles. The molecule has 0 radical (unpaired) electrons. The van der Waals surface area contributed by atoms with E-state index in [0.29, 0.717) is 30.5 Å². The summed E-state index contributed by atoms with van der Waals surface area (Å²) in [7, 11) is 0. The number of anilines is 1. The summed E-state index contributed by atoms with van der Waals surface area (Å²) < 4.78 is 7.57. The van der Waals surface area contributed by atoms with E-state index < -0.39 is 0 Å². The second-order valence-electron chi connectivity index (χ2n) is 7.96. The topological polar surface area (TPSA) is 94.8 Å². The molecule has 8 nitrogen and oxygen atoms in total. The molecule has 33 heavy (non-hydrogen) atoms. The SMILES string of the molecule is CCCOc1ccccc1[C@@H]1CC(=O)Nc2c1c(C)nn2-c1nncc(-c2ccccc2)n1. The van der Waals surface area contributed by atoms with Crippen LogP contribution in [-0.2, 0) is 4.79 Å². The first-order valence-corrected chi connectivity index (χ1v) is 11.0. The van der Waals surface area contributed by atoms with Crippen LogP contribution < -0.4 is 10.1 Å². The standard InChI is InChI=1S/C25H24N6O2/c1-3-13-33-21-12-8-7-11-18(21)19-14-22(32)28-24-23(19)16(2)30-31(24)25-27-20(15-26-29-25)17-9-5-4-6-10-17/h4-12,15,19H,3,13-14H2,1-2H3,(H,28,32)/t19-/m0/s1. The van der Waals surface area contributed by atoms with Crippen molar-refractivity contribution < 1.29 is 9.53 Å². The van der Waals surface area contributed by atoms with E-state index in [9.17, 15) is 4.79 Å². The number of amides is 1. The number of hydrogen-bond acceptors (Lipinski definition) is 6. The summed E-state index contributed by atoms with van der Waals surface area (Å²) in [6.45, 7) is 4.62. The number of benzene rings is 2. The van der Waals surface area contributed by atoms with E-state index in [4.69, 9.17) is 9.84 Å². The normalized spacial score (nSPS) is 15.1. The highest BCUT2D eigenvalue weighted by Gasteiger charge is 2.34. The van der Waals surface area contributed by atoms with Gasteiger partial charge in [-0.25, -0.2) is 4.98 Å². The zero-order valence-electron chi connectivity index (χ0n) is 18.5. The lowest BCUT2D eigenvalue weighted by Crippen LogP contribution is -2.25. The third kappa shape index (κ3) is 3.95. The zero-order valence-corrected chi connectivity index (χ0v) is 18.5. The van der Waals surface area contributed by atoms with E-state index in [2.05, 4.69) is 27.4 Å². The molecule has 0 unspecified atom stereocenters. The number of hydrogen-bond donors (Lipinski definition) is 1. The molecule has 2 aromatic carbocycles. The van der Waals surface area contributed by atoms with Gasteiger partial charge in [-0.3, -0.25) is 4.79 Å². The Morgan fingerprint density at radius 2 is 1.91 bits per heavy atom. The van der Waals surface area contributed by atoms with Crippen LogP contribution in [0, 0.1) is 6.92 Å². The lowest BCUT2D eigenvalue weighted by Gasteiger charge is -2.25. The quantitative estimate of drug-likeness (QED) is 0.480. The van der Waals surface area contributed by atoms with Crippen LogP contribution in [0.3, 0.4) is 0 Å². The van der Waals surface area contributed by atoms with Crippen molar-refractivity contribution in [1.29, 1.82) is 0 Å². The lowest BCUT2D eigenvalue weighted by atomic mass is 9.85. The Morgan fingerprint density at radius 1 is 1.12 bits per heavy atom. The molecular weight excluding hydrogens is 416 g/mol. The van der Waals surface area contributed by atoms with Crippen molar-refractivity contribution in [1.82, 2.24) is 25.0 Å². The van der Waals surface area contributed by atoms with Crippen LogP contribution in [0.5, 0.6) is 5.75 Å². The van der Waals surface area contributed by atoms with Crippen molar-refractivity contribution in [2.45, 2.75) is 32.6 Å². The predicted molar refractivity (Wildman–Crippen MR) is 124 cm³/mol. The molecule has 5 rings (SSSR count). The maximum Gasteiger partial charge on any atom is 0.272 e. The highest BCUT2D eigenvalue weighted by Crippen LogP contribution is 2.42. The number of fused-ring (bicyclic) bond motifs is 1. The fraction of sp³-hybridized carbons (Fsp3) is 0.240. The molecule has 0 aliphatic carbocycles. The first kappa shape index (κ1) is 20.8. The number of aromatic nitrogens is 5. The Bertz CT molecular complexity index is 1300. The Balaban J connectivity index is 1.60. The van der Waals surface area contributed by atoms with Crippen LogP contribution in [0.4, 0.5) is 5.82 Å². The van der Waals surface area contributed by atoms with E-state index in [0.717, 1.165) is 34.6 Å². The lowest BCUT2D eigenvalue weighted by molar-refractivity contribution is -0.116. The Labute approximate surface area is 191 Å². The Hall–Kier alpha value is -4.07. The third-order valence-corrected chi connectivity index (χ3v) is 5.67. The molecule has 1 atom stereocenters. The van der Waals surface area contributed by atoms with E-state index >= 15 is 0 Å². The van der Waals surface area contributed by atoms with Gasteiger partial charge < -0.3 is 10.1 Å². The zero-order chi connectivity index (χ0) is 22.8. The smallest absolute Gasteiger partial charge is 0.272 e. The Kier molecular flexibility index (Phi) is 5.56.